The van der Waals surface area contributed by atoms with Gasteiger partial charge in [-0.15, -0.1) is 0 Å². The molecule has 2 N–H and O–H groups in total. The van der Waals surface area contributed by atoms with E-state index < -0.39 is 6.10 Å². The summed E-state index contributed by atoms with van der Waals surface area (Å²) in [5.74, 6) is 0.523. The lowest BCUT2D eigenvalue weighted by atomic mass is 10.1. The minimum atomic E-state index is -0.545. The van der Waals surface area contributed by atoms with Crippen LogP contribution in [0.15, 0.2) is 60.7 Å². The van der Waals surface area contributed by atoms with Gasteiger partial charge in [0, 0.05) is 21.5 Å². The van der Waals surface area contributed by atoms with Crippen LogP contribution < -0.4 is 14.5 Å². The molecule has 152 valence electrons. The number of halogens is 2. The highest BCUT2D eigenvalue weighted by molar-refractivity contribution is 6.35. The zero-order chi connectivity index (χ0) is 20.2. The molecule has 3 aromatic carbocycles. The summed E-state index contributed by atoms with van der Waals surface area (Å²) < 4.78 is 19.0. The van der Waals surface area contributed by atoms with Gasteiger partial charge in [-0.05, 0) is 36.4 Å². The number of ether oxygens (including phenoxy) is 1. The summed E-state index contributed by atoms with van der Waals surface area (Å²) >= 11 is 6.25. The van der Waals surface area contributed by atoms with Crippen molar-refractivity contribution in [2.24, 2.45) is 0 Å². The van der Waals surface area contributed by atoms with E-state index in [1.54, 1.807) is 0 Å². The first-order chi connectivity index (χ1) is 14.1. The van der Waals surface area contributed by atoms with Gasteiger partial charge >= 0.3 is 0 Å². The van der Waals surface area contributed by atoms with E-state index in [1.807, 2.05) is 48.5 Å². The van der Waals surface area contributed by atoms with E-state index in [0.717, 1.165) is 48.4 Å². The Labute approximate surface area is 175 Å². The number of quaternary nitrogens is 1. The lowest BCUT2D eigenvalue weighted by Crippen LogP contribution is -3.16. The van der Waals surface area contributed by atoms with Gasteiger partial charge in [0.25, 0.3) is 0 Å². The highest BCUT2D eigenvalue weighted by atomic mass is 35.5. The first-order valence-electron chi connectivity index (χ1n) is 9.92. The van der Waals surface area contributed by atoms with Gasteiger partial charge in [-0.2, -0.15) is 0 Å². The summed E-state index contributed by atoms with van der Waals surface area (Å²) in [5, 5.41) is 13.1. The number of anilines is 1. The second kappa shape index (κ2) is 8.99. The average Bonchev–Trinajstić information content (AvgIpc) is 2.75. The highest BCUT2D eigenvalue weighted by Gasteiger charge is 2.23. The molecular formula is C23H25ClFN2O2+. The number of aliphatic hydroxyl groups excluding tert-OH is 1. The van der Waals surface area contributed by atoms with Gasteiger partial charge in [0.05, 0.1) is 26.2 Å². The van der Waals surface area contributed by atoms with Crippen LogP contribution in [0.4, 0.5) is 10.1 Å². The lowest BCUT2D eigenvalue weighted by molar-refractivity contribution is -0.903. The third-order valence-corrected chi connectivity index (χ3v) is 5.78. The SMILES string of the molecule is O[C@@H](COc1ccc(Cl)c2ccccc12)C[NH+]1CCN(c2ccc(F)cc2)CC1. The molecule has 29 heavy (non-hydrogen) atoms. The third-order valence-electron chi connectivity index (χ3n) is 5.45. The van der Waals surface area contributed by atoms with Crippen molar-refractivity contribution in [3.63, 3.8) is 0 Å². The number of rotatable bonds is 6. The van der Waals surface area contributed by atoms with Crippen LogP contribution in [0.5, 0.6) is 5.75 Å². The molecule has 1 aliphatic rings. The molecule has 0 amide bonds. The minimum absolute atomic E-state index is 0.213. The highest BCUT2D eigenvalue weighted by Crippen LogP contribution is 2.31. The predicted octanol–water partition coefficient (Wildman–Crippen LogP) is 2.78. The van der Waals surface area contributed by atoms with Crippen molar-refractivity contribution in [2.75, 3.05) is 44.2 Å². The molecule has 1 aliphatic heterocycles. The number of nitrogens with zero attached hydrogens (tertiary/aromatic N) is 1. The van der Waals surface area contributed by atoms with E-state index in [2.05, 4.69) is 4.90 Å². The first kappa shape index (κ1) is 20.0. The van der Waals surface area contributed by atoms with Crippen LogP contribution in [0.2, 0.25) is 5.02 Å². The fraction of sp³-hybridized carbons (Fsp3) is 0.304. The van der Waals surface area contributed by atoms with Crippen molar-refractivity contribution < 1.29 is 19.1 Å². The molecule has 1 fully saturated rings. The molecule has 1 atom stereocenters. The molecule has 0 unspecified atom stereocenters. The van der Waals surface area contributed by atoms with Crippen molar-refractivity contribution in [2.45, 2.75) is 6.10 Å². The van der Waals surface area contributed by atoms with Gasteiger partial charge in [0.2, 0.25) is 0 Å². The molecule has 0 aromatic heterocycles. The molecular weight excluding hydrogens is 391 g/mol. The van der Waals surface area contributed by atoms with E-state index in [0.29, 0.717) is 11.6 Å². The van der Waals surface area contributed by atoms with Gasteiger partial charge in [-0.25, -0.2) is 4.39 Å². The zero-order valence-corrected chi connectivity index (χ0v) is 16.9. The molecule has 1 heterocycles. The molecule has 0 spiro atoms. The van der Waals surface area contributed by atoms with Crippen LogP contribution in [-0.2, 0) is 0 Å². The smallest absolute Gasteiger partial charge is 0.137 e. The number of hydrogen-bond acceptors (Lipinski definition) is 3. The van der Waals surface area contributed by atoms with Gasteiger partial charge < -0.3 is 19.6 Å². The summed E-state index contributed by atoms with van der Waals surface area (Å²) in [4.78, 5) is 3.60. The van der Waals surface area contributed by atoms with E-state index in [4.69, 9.17) is 16.3 Å². The maximum Gasteiger partial charge on any atom is 0.137 e. The summed E-state index contributed by atoms with van der Waals surface area (Å²) in [6.45, 7) is 4.52. The van der Waals surface area contributed by atoms with Gasteiger partial charge in [-0.3, -0.25) is 0 Å². The topological polar surface area (TPSA) is 37.1 Å². The Morgan fingerprint density at radius 1 is 1.00 bits per heavy atom. The van der Waals surface area contributed by atoms with Gasteiger partial charge in [-0.1, -0.05) is 35.9 Å². The number of aliphatic hydroxyl groups is 1. The molecule has 3 aromatic rings. The molecule has 0 saturated carbocycles. The summed E-state index contributed by atoms with van der Waals surface area (Å²) in [6.07, 6.45) is -0.545. The lowest BCUT2D eigenvalue weighted by Gasteiger charge is -2.34. The van der Waals surface area contributed by atoms with E-state index in [-0.39, 0.29) is 12.4 Å². The Balaban J connectivity index is 1.28. The van der Waals surface area contributed by atoms with Crippen molar-refractivity contribution in [3.05, 3.63) is 71.5 Å². The Hall–Kier alpha value is -2.34. The summed E-state index contributed by atoms with van der Waals surface area (Å²) in [7, 11) is 0. The van der Waals surface area contributed by atoms with Crippen molar-refractivity contribution in [1.29, 1.82) is 0 Å². The van der Waals surface area contributed by atoms with Gasteiger partial charge in [0.15, 0.2) is 0 Å². The zero-order valence-electron chi connectivity index (χ0n) is 16.2. The number of fused-ring (bicyclic) bond motifs is 1. The van der Waals surface area contributed by atoms with Crippen LogP contribution in [0.1, 0.15) is 0 Å². The minimum Gasteiger partial charge on any atom is -0.490 e. The summed E-state index contributed by atoms with van der Waals surface area (Å²) in [5.41, 5.74) is 1.05. The second-order valence-electron chi connectivity index (χ2n) is 7.47. The van der Waals surface area contributed by atoms with Crippen LogP contribution in [0.3, 0.4) is 0 Å². The van der Waals surface area contributed by atoms with Crippen LogP contribution in [-0.4, -0.2) is 50.5 Å². The maximum absolute atomic E-state index is 13.1. The molecule has 0 bridgehead atoms. The van der Waals surface area contributed by atoms with E-state index >= 15 is 0 Å². The van der Waals surface area contributed by atoms with E-state index in [1.165, 1.54) is 17.0 Å². The van der Waals surface area contributed by atoms with Crippen LogP contribution in [0, 0.1) is 5.82 Å². The third kappa shape index (κ3) is 4.81. The quantitative estimate of drug-likeness (QED) is 0.650. The molecule has 1 saturated heterocycles. The maximum atomic E-state index is 13.1. The van der Waals surface area contributed by atoms with Crippen molar-refractivity contribution in [1.82, 2.24) is 0 Å². The first-order valence-corrected chi connectivity index (χ1v) is 10.3. The standard InChI is InChI=1S/C23H24ClFN2O2/c24-22-9-10-23(21-4-2-1-3-20(21)22)29-16-19(28)15-26-11-13-27(14-12-26)18-7-5-17(25)6-8-18/h1-10,19,28H,11-16H2/p+1/t19-/m1/s1. The summed E-state index contributed by atoms with van der Waals surface area (Å²) in [6, 6.07) is 18.1. The normalized spacial score (nSPS) is 16.2. The number of hydrogen-bond donors (Lipinski definition) is 2. The number of nitrogens with one attached hydrogen (secondary N) is 1. The number of benzene rings is 3. The van der Waals surface area contributed by atoms with Crippen molar-refractivity contribution in [3.8, 4) is 5.75 Å². The van der Waals surface area contributed by atoms with E-state index in [9.17, 15) is 9.50 Å². The monoisotopic (exact) mass is 415 g/mol. The van der Waals surface area contributed by atoms with Crippen LogP contribution in [0.25, 0.3) is 10.8 Å². The Morgan fingerprint density at radius 3 is 2.41 bits per heavy atom. The fourth-order valence-corrected chi connectivity index (χ4v) is 4.10. The van der Waals surface area contributed by atoms with Crippen LogP contribution >= 0.6 is 11.6 Å². The number of piperazine rings is 1. The largest absolute Gasteiger partial charge is 0.490 e. The molecule has 4 nitrogen and oxygen atoms in total. The molecule has 0 aliphatic carbocycles. The average molecular weight is 416 g/mol. The predicted molar refractivity (Wildman–Crippen MR) is 115 cm³/mol. The van der Waals surface area contributed by atoms with Gasteiger partial charge in [0.1, 0.15) is 30.8 Å². The van der Waals surface area contributed by atoms with Crippen molar-refractivity contribution >= 4 is 28.1 Å². The molecule has 4 rings (SSSR count). The molecule has 0 radical (unpaired) electrons. The Morgan fingerprint density at radius 2 is 1.69 bits per heavy atom. The Bertz CT molecular complexity index is 959. The Kier molecular flexibility index (Phi) is 6.19. The second-order valence-corrected chi connectivity index (χ2v) is 7.88. The fourth-order valence-electron chi connectivity index (χ4n) is 3.88. The molecule has 6 heteroatoms.